The van der Waals surface area contributed by atoms with Crippen LogP contribution in [0.2, 0.25) is 5.28 Å². The third-order valence-electron chi connectivity index (χ3n) is 7.82. The largest absolute Gasteiger partial charge is 0.480 e. The fourth-order valence-electron chi connectivity index (χ4n) is 5.43. The molecule has 0 spiro atoms. The Morgan fingerprint density at radius 3 is 2.41 bits per heavy atom. The van der Waals surface area contributed by atoms with E-state index in [1.807, 2.05) is 0 Å². The molecule has 3 unspecified atom stereocenters. The SMILES string of the molecule is CC(C)OC(=O)C(C)NP(=O)(CC(=O)N(C)C[C@H]1O[C@@H](n2cnc3c(NC4CCCC4)nc(Cl)nc32)[C@H](O)[C@@H]1O)NC(C)C(=O)O. The summed E-state index contributed by atoms with van der Waals surface area (Å²) in [6, 6.07) is -2.24. The number of carboxylic acids is 1. The van der Waals surface area contributed by atoms with Crippen LogP contribution in [0.3, 0.4) is 0 Å². The van der Waals surface area contributed by atoms with Crippen LogP contribution in [-0.2, 0) is 28.4 Å². The number of halogens is 1. The summed E-state index contributed by atoms with van der Waals surface area (Å²) in [6.45, 7) is 5.67. The van der Waals surface area contributed by atoms with Gasteiger partial charge in [-0.3, -0.25) is 23.5 Å². The van der Waals surface area contributed by atoms with Crippen molar-refractivity contribution in [3.8, 4) is 0 Å². The first kappa shape index (κ1) is 35.9. The lowest BCUT2D eigenvalue weighted by Gasteiger charge is -2.28. The molecule has 4 rings (SSSR count). The molecule has 2 aliphatic rings. The molecule has 17 nitrogen and oxygen atoms in total. The van der Waals surface area contributed by atoms with Crippen LogP contribution in [0, 0.1) is 0 Å². The Balaban J connectivity index is 1.47. The van der Waals surface area contributed by atoms with Crippen LogP contribution in [0.1, 0.15) is 59.6 Å². The molecule has 6 N–H and O–H groups in total. The molecule has 0 bridgehead atoms. The van der Waals surface area contributed by atoms with Crippen molar-refractivity contribution in [1.29, 1.82) is 0 Å². The number of amides is 1. The zero-order chi connectivity index (χ0) is 33.9. The molecule has 0 aromatic carbocycles. The Labute approximate surface area is 270 Å². The number of anilines is 1. The molecule has 1 saturated heterocycles. The van der Waals surface area contributed by atoms with Gasteiger partial charge in [-0.2, -0.15) is 9.97 Å². The highest BCUT2D eigenvalue weighted by atomic mass is 35.5. The van der Waals surface area contributed by atoms with Gasteiger partial charge in [0.05, 0.1) is 12.4 Å². The maximum absolute atomic E-state index is 13.8. The van der Waals surface area contributed by atoms with E-state index in [2.05, 4.69) is 30.4 Å². The number of hydrogen-bond donors (Lipinski definition) is 6. The number of imidazole rings is 1. The highest BCUT2D eigenvalue weighted by Crippen LogP contribution is 2.39. The Morgan fingerprint density at radius 1 is 1.13 bits per heavy atom. The van der Waals surface area contributed by atoms with Crippen molar-refractivity contribution in [1.82, 2.24) is 34.6 Å². The Hall–Kier alpha value is -2.92. The molecule has 2 aromatic rings. The minimum Gasteiger partial charge on any atom is -0.480 e. The number of likely N-dealkylation sites (N-methyl/N-ethyl adjacent to an activating group) is 1. The number of esters is 1. The average molecular weight is 689 g/mol. The number of carbonyl (C=O) groups excluding carboxylic acids is 2. The van der Waals surface area contributed by atoms with Crippen LogP contribution in [0.4, 0.5) is 5.82 Å². The first-order valence-electron chi connectivity index (χ1n) is 15.1. The summed E-state index contributed by atoms with van der Waals surface area (Å²) >= 11 is 6.22. The van der Waals surface area contributed by atoms with Crippen LogP contribution < -0.4 is 15.5 Å². The average Bonchev–Trinajstić information content (AvgIpc) is 3.69. The third kappa shape index (κ3) is 8.51. The minimum atomic E-state index is -4.04. The number of ether oxygens (including phenoxy) is 2. The number of fused-ring (bicyclic) bond motifs is 1. The molecule has 1 aliphatic heterocycles. The first-order valence-corrected chi connectivity index (χ1v) is 17.4. The maximum atomic E-state index is 13.8. The summed E-state index contributed by atoms with van der Waals surface area (Å²) in [5.41, 5.74) is 0.688. The fraction of sp³-hybridized carbons (Fsp3) is 0.704. The summed E-state index contributed by atoms with van der Waals surface area (Å²) in [7, 11) is -2.66. The lowest BCUT2D eigenvalue weighted by Crippen LogP contribution is -2.46. The molecule has 2 fully saturated rings. The van der Waals surface area contributed by atoms with Crippen molar-refractivity contribution in [2.24, 2.45) is 0 Å². The number of aliphatic carboxylic acids is 1. The van der Waals surface area contributed by atoms with Gasteiger partial charge in [0.2, 0.25) is 18.6 Å². The smallest absolute Gasteiger partial charge is 0.323 e. The number of aliphatic hydroxyl groups is 2. The van der Waals surface area contributed by atoms with Crippen molar-refractivity contribution in [3.05, 3.63) is 11.6 Å². The molecule has 1 aliphatic carbocycles. The van der Waals surface area contributed by atoms with Gasteiger partial charge in [-0.1, -0.05) is 12.8 Å². The molecule has 256 valence electrons. The topological polar surface area (TPSA) is 230 Å². The second-order valence-electron chi connectivity index (χ2n) is 12.0. The van der Waals surface area contributed by atoms with Crippen molar-refractivity contribution < 1.29 is 43.7 Å². The van der Waals surface area contributed by atoms with Crippen LogP contribution in [0.5, 0.6) is 0 Å². The molecule has 1 saturated carbocycles. The van der Waals surface area contributed by atoms with Gasteiger partial charge in [0.1, 0.15) is 36.6 Å². The predicted octanol–water partition coefficient (Wildman–Crippen LogP) is 1.10. The summed E-state index contributed by atoms with van der Waals surface area (Å²) in [5, 5.41) is 39.5. The highest BCUT2D eigenvalue weighted by Gasteiger charge is 2.45. The van der Waals surface area contributed by atoms with Crippen molar-refractivity contribution >= 4 is 53.9 Å². The minimum absolute atomic E-state index is 0.0414. The highest BCUT2D eigenvalue weighted by molar-refractivity contribution is 7.60. The van der Waals surface area contributed by atoms with Crippen molar-refractivity contribution in [3.63, 3.8) is 0 Å². The Morgan fingerprint density at radius 2 is 1.78 bits per heavy atom. The monoisotopic (exact) mass is 688 g/mol. The summed E-state index contributed by atoms with van der Waals surface area (Å²) in [5.74, 6) is -2.31. The zero-order valence-corrected chi connectivity index (χ0v) is 27.9. The number of aromatic nitrogens is 4. The number of rotatable bonds is 14. The van der Waals surface area contributed by atoms with E-state index in [9.17, 15) is 34.3 Å². The summed E-state index contributed by atoms with van der Waals surface area (Å²) < 4.78 is 26.4. The number of nitrogens with zero attached hydrogens (tertiary/aromatic N) is 5. The molecular weight excluding hydrogens is 647 g/mol. The lowest BCUT2D eigenvalue weighted by molar-refractivity contribution is -0.149. The molecule has 0 radical (unpaired) electrons. The molecular formula is C27H42ClN8O9P. The second kappa shape index (κ2) is 14.9. The van der Waals surface area contributed by atoms with E-state index in [0.29, 0.717) is 11.3 Å². The van der Waals surface area contributed by atoms with Gasteiger partial charge in [0, 0.05) is 19.6 Å². The number of nitrogens with one attached hydrogen (secondary N) is 3. The van der Waals surface area contributed by atoms with Crippen LogP contribution in [0.25, 0.3) is 11.2 Å². The van der Waals surface area contributed by atoms with E-state index in [1.54, 1.807) is 13.8 Å². The Bertz CT molecular complexity index is 1470. The van der Waals surface area contributed by atoms with Gasteiger partial charge in [0.25, 0.3) is 0 Å². The number of carboxylic acid groups (broad SMARTS) is 1. The number of hydrogen-bond acceptors (Lipinski definition) is 12. The normalized spacial score (nSPS) is 24.5. The van der Waals surface area contributed by atoms with Crippen LogP contribution in [0.15, 0.2) is 6.33 Å². The van der Waals surface area contributed by atoms with Gasteiger partial charge in [-0.25, -0.2) is 15.2 Å². The molecule has 3 heterocycles. The lowest BCUT2D eigenvalue weighted by atomic mass is 10.1. The molecule has 2 aromatic heterocycles. The van der Waals surface area contributed by atoms with E-state index in [-0.39, 0.29) is 23.5 Å². The van der Waals surface area contributed by atoms with E-state index < -0.39 is 74.2 Å². The molecule has 46 heavy (non-hydrogen) atoms. The van der Waals surface area contributed by atoms with E-state index >= 15 is 0 Å². The number of carbonyl (C=O) groups is 3. The van der Waals surface area contributed by atoms with E-state index in [0.717, 1.165) is 30.6 Å². The van der Waals surface area contributed by atoms with Gasteiger partial charge in [-0.15, -0.1) is 0 Å². The van der Waals surface area contributed by atoms with Crippen LogP contribution >= 0.6 is 19.0 Å². The van der Waals surface area contributed by atoms with Gasteiger partial charge in [-0.05, 0) is 52.1 Å². The third-order valence-corrected chi connectivity index (χ3v) is 10.3. The maximum Gasteiger partial charge on any atom is 0.323 e. The molecule has 7 atom stereocenters. The Kier molecular flexibility index (Phi) is 11.6. The second-order valence-corrected chi connectivity index (χ2v) is 14.7. The quantitative estimate of drug-likeness (QED) is 0.0927. The fourth-order valence-corrected chi connectivity index (χ4v) is 7.94. The summed E-state index contributed by atoms with van der Waals surface area (Å²) in [4.78, 5) is 51.2. The van der Waals surface area contributed by atoms with Gasteiger partial charge in [0.15, 0.2) is 23.2 Å². The molecule has 19 heteroatoms. The van der Waals surface area contributed by atoms with Crippen molar-refractivity contribution in [2.45, 2.75) is 102 Å². The summed E-state index contributed by atoms with van der Waals surface area (Å²) in [6.07, 6.45) is -0.700. The van der Waals surface area contributed by atoms with Crippen molar-refractivity contribution in [2.75, 3.05) is 25.1 Å². The van der Waals surface area contributed by atoms with Crippen LogP contribution in [-0.4, -0.2) is 120 Å². The van der Waals surface area contributed by atoms with Gasteiger partial charge < -0.3 is 35.0 Å². The van der Waals surface area contributed by atoms with Gasteiger partial charge >= 0.3 is 11.9 Å². The zero-order valence-electron chi connectivity index (χ0n) is 26.3. The molecule has 1 amide bonds. The first-order chi connectivity index (χ1) is 21.6. The predicted molar refractivity (Wildman–Crippen MR) is 166 cm³/mol. The number of aliphatic hydroxyl groups excluding tert-OH is 2. The standard InChI is InChI=1S/C27H42ClN8O9P/c1-13(2)44-26(42)15(4)34-46(43,33-14(3)25(40)41)11-18(37)35(5)10-17-20(38)21(39)24(45-17)36-12-29-19-22(30-16-8-6-7-9-16)31-27(28)32-23(19)36/h12-17,20-21,24,38-39H,6-11H2,1-5H3,(H,40,41)(H,30,31,32)(H2,33,34,43)/t14?,15?,17-,20-,21-,24-,46?/m1/s1. The van der Waals surface area contributed by atoms with E-state index in [1.165, 1.54) is 31.8 Å². The van der Waals surface area contributed by atoms with E-state index in [4.69, 9.17) is 21.1 Å².